The maximum Gasteiger partial charge on any atom is 0.290 e. The van der Waals surface area contributed by atoms with Crippen molar-refractivity contribution in [3.8, 4) is 5.75 Å². The lowest BCUT2D eigenvalue weighted by molar-refractivity contribution is -0.127. The van der Waals surface area contributed by atoms with E-state index in [1.165, 1.54) is 0 Å². The minimum atomic E-state index is -0.668. The van der Waals surface area contributed by atoms with E-state index in [-0.39, 0.29) is 24.2 Å². The van der Waals surface area contributed by atoms with Crippen LogP contribution in [0.4, 0.5) is 0 Å². The number of aryl methyl sites for hydroxylation is 1. The van der Waals surface area contributed by atoms with Crippen molar-refractivity contribution in [2.24, 2.45) is 5.92 Å². The molecule has 0 aliphatic heterocycles. The molecule has 1 heterocycles. The number of methoxy groups -OCH3 is 1. The molecular weight excluding hydrogens is 414 g/mol. The Hall–Kier alpha value is -3.46. The number of nitrogens with one attached hydrogen (secondary N) is 2. The average Bonchev–Trinajstić information content (AvgIpc) is 2.80. The third-order valence-corrected chi connectivity index (χ3v) is 5.33. The van der Waals surface area contributed by atoms with Crippen LogP contribution in [0.3, 0.4) is 0 Å². The summed E-state index contributed by atoms with van der Waals surface area (Å²) in [5.74, 6) is 0.102. The van der Waals surface area contributed by atoms with E-state index in [1.54, 1.807) is 31.5 Å². The van der Waals surface area contributed by atoms with Gasteiger partial charge in [-0.25, -0.2) is 0 Å². The Morgan fingerprint density at radius 3 is 2.62 bits per heavy atom. The normalized spacial score (nSPS) is 19.7. The fourth-order valence-electron chi connectivity index (χ4n) is 3.64. The van der Waals surface area contributed by atoms with Crippen molar-refractivity contribution >= 4 is 18.3 Å². The van der Waals surface area contributed by atoms with Gasteiger partial charge >= 0.3 is 0 Å². The first-order valence-corrected chi connectivity index (χ1v) is 10.3. The van der Waals surface area contributed by atoms with Crippen molar-refractivity contribution < 1.29 is 29.3 Å². The van der Waals surface area contributed by atoms with Crippen LogP contribution in [0.5, 0.6) is 5.75 Å². The average molecular weight is 444 g/mol. The Kier molecular flexibility index (Phi) is 9.62. The molecular formula is C23H29N3O6. The summed E-state index contributed by atoms with van der Waals surface area (Å²) in [7, 11) is 1.58. The first kappa shape index (κ1) is 24.8. The predicted molar refractivity (Wildman–Crippen MR) is 117 cm³/mol. The van der Waals surface area contributed by atoms with Crippen LogP contribution in [0.25, 0.3) is 0 Å². The molecule has 1 fully saturated rings. The molecule has 3 atom stereocenters. The van der Waals surface area contributed by atoms with Gasteiger partial charge < -0.3 is 25.6 Å². The second-order valence-corrected chi connectivity index (χ2v) is 7.49. The highest BCUT2D eigenvalue weighted by atomic mass is 16.5. The van der Waals surface area contributed by atoms with Gasteiger partial charge in [-0.1, -0.05) is 6.07 Å². The van der Waals surface area contributed by atoms with Gasteiger partial charge in [0.2, 0.25) is 5.91 Å². The smallest absolute Gasteiger partial charge is 0.290 e. The number of carbonyl (C=O) groups excluding carboxylic acids is 2. The van der Waals surface area contributed by atoms with Crippen LogP contribution in [-0.4, -0.2) is 52.7 Å². The van der Waals surface area contributed by atoms with Gasteiger partial charge in [0.1, 0.15) is 5.75 Å². The fraction of sp³-hybridized carbons (Fsp3) is 0.391. The summed E-state index contributed by atoms with van der Waals surface area (Å²) in [6, 6.07) is 10.3. The summed E-state index contributed by atoms with van der Waals surface area (Å²) in [6.07, 6.45) is 2.47. The Bertz CT molecular complexity index is 906. The van der Waals surface area contributed by atoms with E-state index in [1.807, 2.05) is 25.1 Å². The van der Waals surface area contributed by atoms with E-state index in [4.69, 9.17) is 14.6 Å². The molecule has 1 aliphatic rings. The van der Waals surface area contributed by atoms with E-state index in [0.717, 1.165) is 11.3 Å². The Labute approximate surface area is 186 Å². The second-order valence-electron chi connectivity index (χ2n) is 7.49. The monoisotopic (exact) mass is 443 g/mol. The molecule has 3 rings (SSSR count). The molecule has 0 saturated heterocycles. The van der Waals surface area contributed by atoms with Gasteiger partial charge in [0, 0.05) is 17.7 Å². The number of carboxylic acid groups (broad SMARTS) is 1. The number of amides is 2. The predicted octanol–water partition coefficient (Wildman–Crippen LogP) is 1.68. The van der Waals surface area contributed by atoms with Gasteiger partial charge in [0.25, 0.3) is 12.4 Å². The van der Waals surface area contributed by atoms with E-state index in [9.17, 15) is 14.7 Å². The van der Waals surface area contributed by atoms with E-state index < -0.39 is 12.1 Å². The lowest BCUT2D eigenvalue weighted by Crippen LogP contribution is -2.49. The van der Waals surface area contributed by atoms with Crippen molar-refractivity contribution in [3.05, 3.63) is 59.4 Å². The van der Waals surface area contributed by atoms with Crippen molar-refractivity contribution in [2.75, 3.05) is 7.11 Å². The summed E-state index contributed by atoms with van der Waals surface area (Å²) in [5.41, 5.74) is 2.14. The fourth-order valence-corrected chi connectivity index (χ4v) is 3.64. The molecule has 2 aromatic rings. The minimum Gasteiger partial charge on any atom is -0.496 e. The number of pyridine rings is 1. The first-order valence-electron chi connectivity index (χ1n) is 10.3. The molecule has 0 spiro atoms. The SMILES string of the molecule is COc1ccc(C(=O)N[C@@H]2C[C@@H](C(=O)NCc3ccccn3)CC[C@H]2O)cc1C.O=CO. The molecule has 1 aliphatic carbocycles. The van der Waals surface area contributed by atoms with Crippen molar-refractivity contribution in [2.45, 2.75) is 44.9 Å². The molecule has 1 aromatic heterocycles. The van der Waals surface area contributed by atoms with Gasteiger partial charge in [-0.15, -0.1) is 0 Å². The van der Waals surface area contributed by atoms with Crippen LogP contribution in [0, 0.1) is 12.8 Å². The van der Waals surface area contributed by atoms with Crippen LogP contribution in [0.15, 0.2) is 42.6 Å². The van der Waals surface area contributed by atoms with Gasteiger partial charge in [0.15, 0.2) is 0 Å². The number of hydrogen-bond acceptors (Lipinski definition) is 6. The summed E-state index contributed by atoms with van der Waals surface area (Å²) in [4.78, 5) is 37.7. The molecule has 1 saturated carbocycles. The zero-order valence-electron chi connectivity index (χ0n) is 18.2. The molecule has 0 unspecified atom stereocenters. The summed E-state index contributed by atoms with van der Waals surface area (Å²) in [5, 5.41) is 23.0. The number of ether oxygens (including phenoxy) is 1. The quantitative estimate of drug-likeness (QED) is 0.498. The largest absolute Gasteiger partial charge is 0.496 e. The molecule has 9 heteroatoms. The van der Waals surface area contributed by atoms with Gasteiger partial charge in [0.05, 0.1) is 31.5 Å². The molecule has 0 bridgehead atoms. The molecule has 32 heavy (non-hydrogen) atoms. The third kappa shape index (κ3) is 7.05. The zero-order chi connectivity index (χ0) is 23.5. The van der Waals surface area contributed by atoms with Crippen LogP contribution < -0.4 is 15.4 Å². The maximum atomic E-state index is 12.6. The highest BCUT2D eigenvalue weighted by Crippen LogP contribution is 2.26. The van der Waals surface area contributed by atoms with Gasteiger partial charge in [-0.2, -0.15) is 0 Å². The topological polar surface area (TPSA) is 138 Å². The summed E-state index contributed by atoms with van der Waals surface area (Å²) in [6.45, 7) is 1.98. The van der Waals surface area contributed by atoms with Gasteiger partial charge in [-0.05, 0) is 62.1 Å². The number of aromatic nitrogens is 1. The maximum absolute atomic E-state index is 12.6. The van der Waals surface area contributed by atoms with E-state index in [0.29, 0.717) is 37.1 Å². The standard InChI is InChI=1S/C22H27N3O4.CH2O2/c1-14-11-15(7-9-20(14)29-2)22(28)25-18-12-16(6-8-19(18)26)21(27)24-13-17-5-3-4-10-23-17;2-1-3/h3-5,7,9-11,16,18-19,26H,6,8,12-13H2,1-2H3,(H,24,27)(H,25,28);1H,(H,2,3)/t16-,18+,19+;/m0./s1. The highest BCUT2D eigenvalue weighted by molar-refractivity contribution is 5.95. The van der Waals surface area contributed by atoms with Crippen molar-refractivity contribution in [3.63, 3.8) is 0 Å². The van der Waals surface area contributed by atoms with Crippen LogP contribution in [0.2, 0.25) is 0 Å². The Morgan fingerprint density at radius 2 is 2.00 bits per heavy atom. The summed E-state index contributed by atoms with van der Waals surface area (Å²) >= 11 is 0. The number of rotatable bonds is 6. The van der Waals surface area contributed by atoms with Crippen LogP contribution in [-0.2, 0) is 16.1 Å². The highest BCUT2D eigenvalue weighted by Gasteiger charge is 2.34. The number of hydrogen-bond donors (Lipinski definition) is 4. The minimum absolute atomic E-state index is 0.0814. The molecule has 0 radical (unpaired) electrons. The third-order valence-electron chi connectivity index (χ3n) is 5.33. The zero-order valence-corrected chi connectivity index (χ0v) is 18.2. The molecule has 4 N–H and O–H groups in total. The molecule has 1 aromatic carbocycles. The molecule has 2 amide bonds. The number of nitrogens with zero attached hydrogens (tertiary/aromatic N) is 1. The van der Waals surface area contributed by atoms with E-state index >= 15 is 0 Å². The van der Waals surface area contributed by atoms with Crippen LogP contribution in [0.1, 0.15) is 40.9 Å². The number of aliphatic hydroxyl groups excluding tert-OH is 1. The van der Waals surface area contributed by atoms with E-state index in [2.05, 4.69) is 15.6 Å². The Balaban J connectivity index is 0.00000114. The lowest BCUT2D eigenvalue weighted by atomic mass is 9.83. The number of carbonyl (C=O) groups is 3. The summed E-state index contributed by atoms with van der Waals surface area (Å²) < 4.78 is 5.22. The number of benzene rings is 1. The Morgan fingerprint density at radius 1 is 1.25 bits per heavy atom. The molecule has 9 nitrogen and oxygen atoms in total. The lowest BCUT2D eigenvalue weighted by Gasteiger charge is -2.33. The second kappa shape index (κ2) is 12.4. The van der Waals surface area contributed by atoms with Crippen molar-refractivity contribution in [1.29, 1.82) is 0 Å². The van der Waals surface area contributed by atoms with Crippen molar-refractivity contribution in [1.82, 2.24) is 15.6 Å². The molecule has 172 valence electrons. The number of aliphatic hydroxyl groups is 1. The van der Waals surface area contributed by atoms with Crippen LogP contribution >= 0.6 is 0 Å². The van der Waals surface area contributed by atoms with Gasteiger partial charge in [-0.3, -0.25) is 19.4 Å². The first-order chi connectivity index (χ1) is 15.4.